The number of pyridine rings is 1. The van der Waals surface area contributed by atoms with Crippen LogP contribution < -0.4 is 4.90 Å². The van der Waals surface area contributed by atoms with Crippen LogP contribution in [0.5, 0.6) is 0 Å². The summed E-state index contributed by atoms with van der Waals surface area (Å²) in [7, 11) is 0. The van der Waals surface area contributed by atoms with Gasteiger partial charge >= 0.3 is 0 Å². The zero-order chi connectivity index (χ0) is 18.9. The maximum atomic E-state index is 13.5. The monoisotopic (exact) mass is 375 g/mol. The average Bonchev–Trinajstić information content (AvgIpc) is 3.20. The summed E-state index contributed by atoms with van der Waals surface area (Å²) >= 11 is 0. The van der Waals surface area contributed by atoms with E-state index in [2.05, 4.69) is 22.0 Å². The summed E-state index contributed by atoms with van der Waals surface area (Å²) in [5, 5.41) is 0.830. The molecule has 4 aromatic rings. The lowest BCUT2D eigenvalue weighted by atomic mass is 9.93. The third-order valence-electron chi connectivity index (χ3n) is 5.70. The maximum absolute atomic E-state index is 13.5. The number of hydrogen-bond donors (Lipinski definition) is 0. The van der Waals surface area contributed by atoms with Gasteiger partial charge in [0.1, 0.15) is 11.3 Å². The molecule has 0 spiro atoms. The zero-order valence-corrected chi connectivity index (χ0v) is 15.6. The van der Waals surface area contributed by atoms with Crippen LogP contribution in [0.15, 0.2) is 59.3 Å². The SMILES string of the molecule is Fc1ccc2nc(CN(c3ccc4ncoc4c3)C3CCCCC3)ccc2c1. The highest BCUT2D eigenvalue weighted by Gasteiger charge is 2.23. The number of hydrogen-bond acceptors (Lipinski definition) is 4. The lowest BCUT2D eigenvalue weighted by Crippen LogP contribution is -2.36. The molecule has 1 fully saturated rings. The molecular weight excluding hydrogens is 353 g/mol. The molecule has 5 rings (SSSR count). The van der Waals surface area contributed by atoms with E-state index in [1.54, 1.807) is 6.07 Å². The number of benzene rings is 2. The molecule has 0 radical (unpaired) electrons. The molecule has 0 N–H and O–H groups in total. The summed E-state index contributed by atoms with van der Waals surface area (Å²) in [5.41, 5.74) is 4.63. The molecule has 4 nitrogen and oxygen atoms in total. The van der Waals surface area contributed by atoms with Crippen molar-refractivity contribution >= 4 is 27.7 Å². The molecule has 5 heteroatoms. The van der Waals surface area contributed by atoms with Crippen molar-refractivity contribution in [2.45, 2.75) is 44.7 Å². The molecule has 0 aliphatic heterocycles. The van der Waals surface area contributed by atoms with Crippen molar-refractivity contribution in [2.24, 2.45) is 0 Å². The second kappa shape index (κ2) is 7.23. The van der Waals surface area contributed by atoms with Crippen molar-refractivity contribution in [3.8, 4) is 0 Å². The van der Waals surface area contributed by atoms with Gasteiger partial charge in [-0.1, -0.05) is 25.3 Å². The van der Waals surface area contributed by atoms with Crippen LogP contribution in [-0.4, -0.2) is 16.0 Å². The van der Waals surface area contributed by atoms with Gasteiger partial charge in [0, 0.05) is 23.2 Å². The minimum atomic E-state index is -0.230. The molecule has 0 unspecified atom stereocenters. The van der Waals surface area contributed by atoms with Crippen molar-refractivity contribution in [3.05, 3.63) is 66.4 Å². The molecule has 2 aromatic carbocycles. The van der Waals surface area contributed by atoms with Crippen molar-refractivity contribution in [2.75, 3.05) is 4.90 Å². The largest absolute Gasteiger partial charge is 0.443 e. The lowest BCUT2D eigenvalue weighted by Gasteiger charge is -2.36. The van der Waals surface area contributed by atoms with E-state index in [0.29, 0.717) is 6.04 Å². The zero-order valence-electron chi connectivity index (χ0n) is 15.6. The Labute approximate surface area is 163 Å². The number of fused-ring (bicyclic) bond motifs is 2. The van der Waals surface area contributed by atoms with E-state index in [1.165, 1.54) is 50.6 Å². The van der Waals surface area contributed by atoms with E-state index in [1.807, 2.05) is 18.2 Å². The van der Waals surface area contributed by atoms with Crippen molar-refractivity contribution in [3.63, 3.8) is 0 Å². The van der Waals surface area contributed by atoms with Crippen molar-refractivity contribution < 1.29 is 8.81 Å². The molecular formula is C23H22FN3O. The Balaban J connectivity index is 1.51. The van der Waals surface area contributed by atoms with Crippen LogP contribution >= 0.6 is 0 Å². The molecule has 2 aromatic heterocycles. The van der Waals surface area contributed by atoms with Gasteiger partial charge in [-0.25, -0.2) is 9.37 Å². The fourth-order valence-electron chi connectivity index (χ4n) is 4.25. The maximum Gasteiger partial charge on any atom is 0.181 e. The lowest BCUT2D eigenvalue weighted by molar-refractivity contribution is 0.412. The Morgan fingerprint density at radius 2 is 1.82 bits per heavy atom. The van der Waals surface area contributed by atoms with Crippen LogP contribution in [0, 0.1) is 5.82 Å². The number of anilines is 1. The summed E-state index contributed by atoms with van der Waals surface area (Å²) in [6.07, 6.45) is 7.70. The number of nitrogens with zero attached hydrogens (tertiary/aromatic N) is 3. The van der Waals surface area contributed by atoms with E-state index in [9.17, 15) is 4.39 Å². The van der Waals surface area contributed by atoms with Crippen LogP contribution in [-0.2, 0) is 6.54 Å². The third-order valence-corrected chi connectivity index (χ3v) is 5.70. The average molecular weight is 375 g/mol. The van der Waals surface area contributed by atoms with Crippen molar-refractivity contribution in [1.82, 2.24) is 9.97 Å². The molecule has 1 aliphatic rings. The highest BCUT2D eigenvalue weighted by Crippen LogP contribution is 2.31. The van der Waals surface area contributed by atoms with E-state index < -0.39 is 0 Å². The van der Waals surface area contributed by atoms with E-state index in [4.69, 9.17) is 9.40 Å². The molecule has 142 valence electrons. The van der Waals surface area contributed by atoms with E-state index in [0.717, 1.165) is 39.9 Å². The van der Waals surface area contributed by atoms with Gasteiger partial charge in [0.2, 0.25) is 0 Å². The first-order valence-corrected chi connectivity index (χ1v) is 9.91. The second-order valence-corrected chi connectivity index (χ2v) is 7.56. The van der Waals surface area contributed by atoms with Crippen LogP contribution in [0.2, 0.25) is 0 Å². The third kappa shape index (κ3) is 3.33. The summed E-state index contributed by atoms with van der Waals surface area (Å²) in [6.45, 7) is 0.720. The normalized spacial score (nSPS) is 15.3. The summed E-state index contributed by atoms with van der Waals surface area (Å²) in [6, 6.07) is 15.4. The number of aromatic nitrogens is 2. The van der Waals surface area contributed by atoms with Crippen LogP contribution in [0.4, 0.5) is 10.1 Å². The van der Waals surface area contributed by atoms with Gasteiger partial charge in [0.15, 0.2) is 12.0 Å². The van der Waals surface area contributed by atoms with Crippen LogP contribution in [0.1, 0.15) is 37.8 Å². The highest BCUT2D eigenvalue weighted by molar-refractivity contribution is 5.79. The van der Waals surface area contributed by atoms with E-state index in [-0.39, 0.29) is 5.82 Å². The smallest absolute Gasteiger partial charge is 0.181 e. The number of rotatable bonds is 4. The first-order chi connectivity index (χ1) is 13.8. The van der Waals surface area contributed by atoms with Gasteiger partial charge < -0.3 is 9.32 Å². The fraction of sp³-hybridized carbons (Fsp3) is 0.304. The summed E-state index contributed by atoms with van der Waals surface area (Å²) in [4.78, 5) is 11.5. The molecule has 1 saturated carbocycles. The topological polar surface area (TPSA) is 42.2 Å². The van der Waals surface area contributed by atoms with Gasteiger partial charge in [-0.15, -0.1) is 0 Å². The highest BCUT2D eigenvalue weighted by atomic mass is 19.1. The Morgan fingerprint density at radius 1 is 0.964 bits per heavy atom. The molecule has 0 bridgehead atoms. The predicted molar refractivity (Wildman–Crippen MR) is 109 cm³/mol. The fourth-order valence-corrected chi connectivity index (χ4v) is 4.25. The molecule has 28 heavy (non-hydrogen) atoms. The first kappa shape index (κ1) is 17.2. The Morgan fingerprint density at radius 3 is 2.71 bits per heavy atom. The molecule has 0 amide bonds. The predicted octanol–water partition coefficient (Wildman–Crippen LogP) is 5.85. The van der Waals surface area contributed by atoms with Gasteiger partial charge in [-0.3, -0.25) is 4.98 Å². The summed E-state index contributed by atoms with van der Waals surface area (Å²) in [5.74, 6) is -0.230. The van der Waals surface area contributed by atoms with Gasteiger partial charge in [-0.05, 0) is 49.2 Å². The second-order valence-electron chi connectivity index (χ2n) is 7.56. The van der Waals surface area contributed by atoms with Crippen LogP contribution in [0.25, 0.3) is 22.0 Å². The molecule has 0 saturated heterocycles. The Kier molecular flexibility index (Phi) is 4.43. The Bertz CT molecular complexity index is 1120. The van der Waals surface area contributed by atoms with Gasteiger partial charge in [0.25, 0.3) is 0 Å². The van der Waals surface area contributed by atoms with Crippen molar-refractivity contribution in [1.29, 1.82) is 0 Å². The number of halogens is 1. The number of oxazole rings is 1. The van der Waals surface area contributed by atoms with Gasteiger partial charge in [-0.2, -0.15) is 0 Å². The minimum Gasteiger partial charge on any atom is -0.443 e. The standard InChI is InChI=1S/C23H22FN3O/c24-17-7-10-21-16(12-17)6-8-18(26-21)14-27(19-4-2-1-3-5-19)20-9-11-22-23(13-20)28-15-25-22/h6-13,15,19H,1-5,14H2. The molecule has 1 aliphatic carbocycles. The van der Waals surface area contributed by atoms with E-state index >= 15 is 0 Å². The van der Waals surface area contributed by atoms with Gasteiger partial charge in [0.05, 0.1) is 17.8 Å². The molecule has 0 atom stereocenters. The summed E-state index contributed by atoms with van der Waals surface area (Å²) < 4.78 is 19.0. The van der Waals surface area contributed by atoms with Crippen LogP contribution in [0.3, 0.4) is 0 Å². The first-order valence-electron chi connectivity index (χ1n) is 9.91. The minimum absolute atomic E-state index is 0.230. The Hall–Kier alpha value is -2.95. The quantitative estimate of drug-likeness (QED) is 0.448. The molecule has 2 heterocycles.